The highest BCUT2D eigenvalue weighted by Crippen LogP contribution is 2.30. The van der Waals surface area contributed by atoms with E-state index in [0.717, 1.165) is 50.5 Å². The van der Waals surface area contributed by atoms with Gasteiger partial charge in [-0.1, -0.05) is 20.3 Å². The van der Waals surface area contributed by atoms with Gasteiger partial charge in [-0.25, -0.2) is 4.39 Å². The molecule has 1 aliphatic heterocycles. The summed E-state index contributed by atoms with van der Waals surface area (Å²) in [5, 5.41) is 3.36. The number of ether oxygens (including phenoxy) is 1. The van der Waals surface area contributed by atoms with Gasteiger partial charge in [-0.2, -0.15) is 0 Å². The van der Waals surface area contributed by atoms with Crippen molar-refractivity contribution in [2.45, 2.75) is 26.7 Å². The highest BCUT2D eigenvalue weighted by Gasteiger charge is 2.15. The molecule has 1 saturated heterocycles. The third-order valence-corrected chi connectivity index (χ3v) is 3.82. The Morgan fingerprint density at radius 3 is 3.00 bits per heavy atom. The van der Waals surface area contributed by atoms with E-state index in [1.54, 1.807) is 12.1 Å². The molecule has 0 radical (unpaired) electrons. The molecule has 0 bridgehead atoms. The van der Waals surface area contributed by atoms with Gasteiger partial charge in [0.2, 0.25) is 0 Å². The van der Waals surface area contributed by atoms with Gasteiger partial charge < -0.3 is 15.0 Å². The fraction of sp³-hybridized carbons (Fsp3) is 0.625. The number of hydrogen-bond acceptors (Lipinski definition) is 3. The van der Waals surface area contributed by atoms with Gasteiger partial charge in [-0.05, 0) is 31.0 Å². The van der Waals surface area contributed by atoms with Crippen LogP contribution in [-0.2, 0) is 0 Å². The molecule has 1 fully saturated rings. The third-order valence-electron chi connectivity index (χ3n) is 3.82. The Balaban J connectivity index is 2.13. The van der Waals surface area contributed by atoms with Crippen molar-refractivity contribution in [3.63, 3.8) is 0 Å². The lowest BCUT2D eigenvalue weighted by molar-refractivity contribution is 0.256. The Labute approximate surface area is 121 Å². The van der Waals surface area contributed by atoms with Crippen LogP contribution in [0.25, 0.3) is 0 Å². The fourth-order valence-electron chi connectivity index (χ4n) is 2.30. The van der Waals surface area contributed by atoms with Gasteiger partial charge in [0.25, 0.3) is 0 Å². The first-order valence-corrected chi connectivity index (χ1v) is 7.58. The number of nitrogens with zero attached hydrogens (tertiary/aromatic N) is 1. The molecule has 20 heavy (non-hydrogen) atoms. The summed E-state index contributed by atoms with van der Waals surface area (Å²) in [6, 6.07) is 4.83. The van der Waals surface area contributed by atoms with E-state index in [2.05, 4.69) is 24.1 Å². The minimum Gasteiger partial charge on any atom is -0.491 e. The maximum atomic E-state index is 13.6. The van der Waals surface area contributed by atoms with Gasteiger partial charge in [-0.15, -0.1) is 0 Å². The lowest BCUT2D eigenvalue weighted by Crippen LogP contribution is -2.28. The largest absolute Gasteiger partial charge is 0.491 e. The Kier molecular flexibility index (Phi) is 5.65. The van der Waals surface area contributed by atoms with Crippen LogP contribution in [0.2, 0.25) is 0 Å². The normalized spacial score (nSPS) is 17.6. The molecular formula is C16H25FN2O. The molecule has 0 aromatic heterocycles. The maximum Gasteiger partial charge on any atom is 0.142 e. The average Bonchev–Trinajstić information content (AvgIpc) is 2.74. The van der Waals surface area contributed by atoms with Crippen molar-refractivity contribution in [1.29, 1.82) is 0 Å². The fourth-order valence-corrected chi connectivity index (χ4v) is 2.30. The van der Waals surface area contributed by atoms with Crippen LogP contribution in [0, 0.1) is 11.7 Å². The van der Waals surface area contributed by atoms with Crippen LogP contribution in [0.5, 0.6) is 5.75 Å². The quantitative estimate of drug-likeness (QED) is 0.897. The zero-order chi connectivity index (χ0) is 14.4. The van der Waals surface area contributed by atoms with E-state index in [9.17, 15) is 4.39 Å². The molecule has 112 valence electrons. The van der Waals surface area contributed by atoms with Crippen molar-refractivity contribution < 1.29 is 9.13 Å². The van der Waals surface area contributed by atoms with Crippen molar-refractivity contribution in [2.75, 3.05) is 37.7 Å². The molecule has 1 aromatic rings. The molecule has 4 heteroatoms. The van der Waals surface area contributed by atoms with Gasteiger partial charge >= 0.3 is 0 Å². The van der Waals surface area contributed by atoms with Crippen molar-refractivity contribution in [2.24, 2.45) is 5.92 Å². The Hall–Kier alpha value is -1.29. The molecule has 0 spiro atoms. The Morgan fingerprint density at radius 2 is 2.20 bits per heavy atom. The van der Waals surface area contributed by atoms with Crippen LogP contribution < -0.4 is 15.0 Å². The summed E-state index contributed by atoms with van der Waals surface area (Å²) in [6.07, 6.45) is 2.16. The van der Waals surface area contributed by atoms with Crippen LogP contribution in [0.3, 0.4) is 0 Å². The number of anilines is 1. The zero-order valence-electron chi connectivity index (χ0n) is 12.5. The zero-order valence-corrected chi connectivity index (χ0v) is 12.5. The van der Waals surface area contributed by atoms with Crippen molar-refractivity contribution in [3.8, 4) is 5.75 Å². The van der Waals surface area contributed by atoms with Crippen molar-refractivity contribution in [3.05, 3.63) is 24.0 Å². The summed E-state index contributed by atoms with van der Waals surface area (Å²) in [5.41, 5.74) is 0.886. The van der Waals surface area contributed by atoms with Crippen molar-refractivity contribution >= 4 is 5.69 Å². The first-order valence-electron chi connectivity index (χ1n) is 7.58. The molecule has 1 unspecified atom stereocenters. The molecule has 1 N–H and O–H groups in total. The second-order valence-electron chi connectivity index (χ2n) is 5.53. The molecule has 0 aliphatic carbocycles. The van der Waals surface area contributed by atoms with E-state index in [0.29, 0.717) is 12.5 Å². The first kappa shape index (κ1) is 15.1. The maximum absolute atomic E-state index is 13.6. The molecule has 3 nitrogen and oxygen atoms in total. The van der Waals surface area contributed by atoms with E-state index in [1.165, 1.54) is 6.07 Å². The van der Waals surface area contributed by atoms with Crippen LogP contribution in [0.1, 0.15) is 26.7 Å². The molecule has 0 saturated carbocycles. The second-order valence-corrected chi connectivity index (χ2v) is 5.53. The summed E-state index contributed by atoms with van der Waals surface area (Å²) in [5.74, 6) is 1.11. The van der Waals surface area contributed by atoms with Gasteiger partial charge in [0.15, 0.2) is 0 Å². The molecule has 1 aliphatic rings. The summed E-state index contributed by atoms with van der Waals surface area (Å²) in [6.45, 7) is 8.79. The number of hydrogen-bond donors (Lipinski definition) is 1. The van der Waals surface area contributed by atoms with Crippen molar-refractivity contribution in [1.82, 2.24) is 5.32 Å². The summed E-state index contributed by atoms with van der Waals surface area (Å²) in [7, 11) is 0. The van der Waals surface area contributed by atoms with Gasteiger partial charge in [0.05, 0.1) is 12.3 Å². The average molecular weight is 280 g/mol. The van der Waals surface area contributed by atoms with Gasteiger partial charge in [0, 0.05) is 25.7 Å². The van der Waals surface area contributed by atoms with E-state index in [4.69, 9.17) is 4.74 Å². The van der Waals surface area contributed by atoms with E-state index in [-0.39, 0.29) is 5.82 Å². The van der Waals surface area contributed by atoms with Gasteiger partial charge in [-0.3, -0.25) is 0 Å². The lowest BCUT2D eigenvalue weighted by atomic mass is 10.1. The van der Waals surface area contributed by atoms with E-state index >= 15 is 0 Å². The molecule has 2 rings (SSSR count). The van der Waals surface area contributed by atoms with Crippen LogP contribution in [0.4, 0.5) is 10.1 Å². The van der Waals surface area contributed by atoms with Crippen LogP contribution in [-0.4, -0.2) is 32.8 Å². The van der Waals surface area contributed by atoms with E-state index < -0.39 is 0 Å². The molecule has 1 aromatic carbocycles. The highest BCUT2D eigenvalue weighted by atomic mass is 19.1. The van der Waals surface area contributed by atoms with Crippen LogP contribution in [0.15, 0.2) is 18.2 Å². The Bertz CT molecular complexity index is 417. The predicted octanol–water partition coefficient (Wildman–Crippen LogP) is 3.05. The number of rotatable bonds is 5. The molecule has 1 atom stereocenters. The second kappa shape index (κ2) is 7.48. The number of nitrogens with one attached hydrogen (secondary N) is 1. The Morgan fingerprint density at radius 1 is 1.35 bits per heavy atom. The standard InChI is InChI=1S/C16H25FN2O/c1-3-13(2)12-20-16-6-5-14(17)11-15(16)19-9-4-7-18-8-10-19/h5-6,11,13,18H,3-4,7-10,12H2,1-2H3. The minimum atomic E-state index is -0.201. The summed E-state index contributed by atoms with van der Waals surface area (Å²) >= 11 is 0. The lowest BCUT2D eigenvalue weighted by Gasteiger charge is -2.25. The SMILES string of the molecule is CCC(C)COc1ccc(F)cc1N1CCCNCC1. The monoisotopic (exact) mass is 280 g/mol. The minimum absolute atomic E-state index is 0.201. The third kappa shape index (κ3) is 4.10. The number of halogens is 1. The van der Waals surface area contributed by atoms with Gasteiger partial charge in [0.1, 0.15) is 11.6 Å². The molecule has 1 heterocycles. The topological polar surface area (TPSA) is 24.5 Å². The predicted molar refractivity (Wildman–Crippen MR) is 81.0 cm³/mol. The highest BCUT2D eigenvalue weighted by molar-refractivity contribution is 5.58. The molecule has 0 amide bonds. The first-order chi connectivity index (χ1) is 9.70. The van der Waals surface area contributed by atoms with Crippen LogP contribution >= 0.6 is 0 Å². The summed E-state index contributed by atoms with van der Waals surface area (Å²) < 4.78 is 19.5. The number of benzene rings is 1. The van der Waals surface area contributed by atoms with E-state index in [1.807, 2.05) is 0 Å². The summed E-state index contributed by atoms with van der Waals surface area (Å²) in [4.78, 5) is 2.22. The smallest absolute Gasteiger partial charge is 0.142 e. The molecular weight excluding hydrogens is 255 g/mol.